The number of nitrogens with one attached hydrogen (secondary N) is 1. The number of thioether (sulfide) groups is 1. The molecular formula is C19H18N4O5S. The highest BCUT2D eigenvalue weighted by molar-refractivity contribution is 8.00. The van der Waals surface area contributed by atoms with Crippen LogP contribution in [0.25, 0.3) is 0 Å². The van der Waals surface area contributed by atoms with Gasteiger partial charge < -0.3 is 10.1 Å². The fourth-order valence-electron chi connectivity index (χ4n) is 2.47. The number of aromatic nitrogens is 1. The van der Waals surface area contributed by atoms with Crippen molar-refractivity contribution in [2.45, 2.75) is 25.8 Å². The van der Waals surface area contributed by atoms with Gasteiger partial charge in [0, 0.05) is 6.07 Å². The number of para-hydroxylation sites is 1. The van der Waals surface area contributed by atoms with E-state index in [0.717, 1.165) is 11.8 Å². The maximum absolute atomic E-state index is 12.3. The molecule has 0 bridgehead atoms. The van der Waals surface area contributed by atoms with Crippen LogP contribution in [-0.4, -0.2) is 34.1 Å². The highest BCUT2D eigenvalue weighted by Crippen LogP contribution is 2.28. The number of rotatable bonds is 7. The first-order valence-electron chi connectivity index (χ1n) is 8.54. The predicted molar refractivity (Wildman–Crippen MR) is 107 cm³/mol. The zero-order valence-corrected chi connectivity index (χ0v) is 16.8. The number of ether oxygens (including phenoxy) is 1. The molecule has 2 rings (SSSR count). The fourth-order valence-corrected chi connectivity index (χ4v) is 3.27. The first-order valence-corrected chi connectivity index (χ1v) is 9.52. The monoisotopic (exact) mass is 414 g/mol. The van der Waals surface area contributed by atoms with Crippen LogP contribution >= 0.6 is 11.8 Å². The van der Waals surface area contributed by atoms with E-state index in [1.165, 1.54) is 18.2 Å². The van der Waals surface area contributed by atoms with Crippen molar-refractivity contribution in [3.63, 3.8) is 0 Å². The van der Waals surface area contributed by atoms with Gasteiger partial charge in [0.05, 0.1) is 34.1 Å². The van der Waals surface area contributed by atoms with Crippen molar-refractivity contribution in [1.82, 2.24) is 4.98 Å². The number of hydrogen-bond donors (Lipinski definition) is 1. The highest BCUT2D eigenvalue weighted by Gasteiger charge is 2.20. The molecule has 1 heterocycles. The van der Waals surface area contributed by atoms with Crippen LogP contribution in [0.5, 0.6) is 0 Å². The molecule has 0 unspecified atom stereocenters. The van der Waals surface area contributed by atoms with E-state index < -0.39 is 16.8 Å². The van der Waals surface area contributed by atoms with Crippen LogP contribution in [-0.2, 0) is 9.53 Å². The summed E-state index contributed by atoms with van der Waals surface area (Å²) < 4.78 is 4.94. The summed E-state index contributed by atoms with van der Waals surface area (Å²) in [5, 5.41) is 23.3. The smallest absolute Gasteiger partial charge is 0.340 e. The normalized spacial score (nSPS) is 10.1. The molecule has 0 aliphatic heterocycles. The van der Waals surface area contributed by atoms with Crippen LogP contribution in [0.2, 0.25) is 0 Å². The van der Waals surface area contributed by atoms with Crippen LogP contribution in [0.4, 0.5) is 11.4 Å². The highest BCUT2D eigenvalue weighted by atomic mass is 32.2. The van der Waals surface area contributed by atoms with Gasteiger partial charge in [-0.1, -0.05) is 23.9 Å². The van der Waals surface area contributed by atoms with Crippen LogP contribution in [0, 0.1) is 35.3 Å². The minimum Gasteiger partial charge on any atom is -0.462 e. The maximum Gasteiger partial charge on any atom is 0.340 e. The van der Waals surface area contributed by atoms with Gasteiger partial charge in [-0.2, -0.15) is 5.26 Å². The summed E-state index contributed by atoms with van der Waals surface area (Å²) in [5.74, 6) is -1.17. The first kappa shape index (κ1) is 21.8. The number of anilines is 1. The van der Waals surface area contributed by atoms with Gasteiger partial charge in [0.1, 0.15) is 16.8 Å². The summed E-state index contributed by atoms with van der Waals surface area (Å²) in [4.78, 5) is 39.1. The molecule has 1 aromatic heterocycles. The zero-order valence-electron chi connectivity index (χ0n) is 16.0. The molecule has 0 saturated carbocycles. The molecule has 0 radical (unpaired) electrons. The summed E-state index contributed by atoms with van der Waals surface area (Å²) in [6.07, 6.45) is 0. The Morgan fingerprint density at radius 1 is 1.38 bits per heavy atom. The largest absolute Gasteiger partial charge is 0.462 e. The van der Waals surface area contributed by atoms with Crippen LogP contribution in [0.15, 0.2) is 29.3 Å². The van der Waals surface area contributed by atoms with Crippen molar-refractivity contribution in [2.24, 2.45) is 0 Å². The van der Waals surface area contributed by atoms with Crippen molar-refractivity contribution in [3.8, 4) is 6.07 Å². The second-order valence-electron chi connectivity index (χ2n) is 5.87. The lowest BCUT2D eigenvalue weighted by atomic mass is 10.1. The van der Waals surface area contributed by atoms with Crippen molar-refractivity contribution in [3.05, 3.63) is 56.8 Å². The van der Waals surface area contributed by atoms with Crippen molar-refractivity contribution in [2.75, 3.05) is 17.7 Å². The van der Waals surface area contributed by atoms with E-state index >= 15 is 0 Å². The number of nitriles is 1. The summed E-state index contributed by atoms with van der Waals surface area (Å²) in [6, 6.07) is 7.84. The average Bonchev–Trinajstić information content (AvgIpc) is 2.67. The molecule has 0 fully saturated rings. The van der Waals surface area contributed by atoms with Crippen LogP contribution in [0.1, 0.15) is 34.1 Å². The van der Waals surface area contributed by atoms with Gasteiger partial charge in [0.25, 0.3) is 5.69 Å². The first-order chi connectivity index (χ1) is 13.8. The number of esters is 1. The quantitative estimate of drug-likeness (QED) is 0.315. The number of carbonyl (C=O) groups is 2. The molecule has 0 aliphatic rings. The van der Waals surface area contributed by atoms with Crippen molar-refractivity contribution >= 4 is 35.0 Å². The minimum atomic E-state index is -0.574. The number of amides is 1. The van der Waals surface area contributed by atoms with Crippen molar-refractivity contribution < 1.29 is 19.2 Å². The Labute approximate surface area is 171 Å². The predicted octanol–water partition coefficient (Wildman–Crippen LogP) is 3.39. The third-order valence-electron chi connectivity index (χ3n) is 3.85. The van der Waals surface area contributed by atoms with E-state index in [4.69, 9.17) is 4.74 Å². The Hall–Kier alpha value is -3.45. The van der Waals surface area contributed by atoms with Gasteiger partial charge >= 0.3 is 5.97 Å². The van der Waals surface area contributed by atoms with E-state index in [1.807, 2.05) is 6.07 Å². The molecule has 1 aromatic carbocycles. The van der Waals surface area contributed by atoms with Gasteiger partial charge in [0.15, 0.2) is 0 Å². The molecule has 0 aliphatic carbocycles. The molecule has 9 nitrogen and oxygen atoms in total. The second-order valence-corrected chi connectivity index (χ2v) is 6.83. The van der Waals surface area contributed by atoms with Gasteiger partial charge in [-0.05, 0) is 32.4 Å². The number of nitro groups is 1. The SMILES string of the molecule is CCOC(=O)c1cc(C#N)c(SCC(=O)Nc2c(C)cccc2[N+](=O)[O-])nc1C. The number of carbonyl (C=O) groups excluding carboxylic acids is 2. The molecule has 29 heavy (non-hydrogen) atoms. The third-order valence-corrected chi connectivity index (χ3v) is 4.84. The summed E-state index contributed by atoms with van der Waals surface area (Å²) in [5.41, 5.74) is 1.19. The van der Waals surface area contributed by atoms with E-state index in [0.29, 0.717) is 11.3 Å². The topological polar surface area (TPSA) is 135 Å². The number of nitro benzene ring substituents is 1. The number of hydrogen-bond acceptors (Lipinski definition) is 8. The lowest BCUT2D eigenvalue weighted by Crippen LogP contribution is -2.16. The minimum absolute atomic E-state index is 0.120. The molecule has 1 amide bonds. The molecule has 10 heteroatoms. The van der Waals surface area contributed by atoms with Gasteiger partial charge in [-0.15, -0.1) is 0 Å². The Balaban J connectivity index is 2.17. The Morgan fingerprint density at radius 3 is 2.72 bits per heavy atom. The average molecular weight is 414 g/mol. The zero-order chi connectivity index (χ0) is 21.6. The van der Waals surface area contributed by atoms with Crippen LogP contribution < -0.4 is 5.32 Å². The number of nitrogens with zero attached hydrogens (tertiary/aromatic N) is 3. The number of benzene rings is 1. The van der Waals surface area contributed by atoms with Crippen molar-refractivity contribution in [1.29, 1.82) is 5.26 Å². The standard InChI is InChI=1S/C19H18N4O5S/c1-4-28-19(25)14-8-13(9-20)18(21-12(14)3)29-10-16(24)22-17-11(2)6-5-7-15(17)23(26)27/h5-8H,4,10H2,1-3H3,(H,22,24). The molecule has 0 atom stereocenters. The summed E-state index contributed by atoms with van der Waals surface area (Å²) in [6.45, 7) is 5.13. The van der Waals surface area contributed by atoms with E-state index in [9.17, 15) is 25.0 Å². The third kappa shape index (κ3) is 5.30. The molecule has 2 aromatic rings. The van der Waals surface area contributed by atoms with Gasteiger partial charge in [0.2, 0.25) is 5.91 Å². The Bertz CT molecular complexity index is 1020. The molecule has 0 spiro atoms. The van der Waals surface area contributed by atoms with E-state index in [1.54, 1.807) is 26.8 Å². The second kappa shape index (κ2) is 9.66. The number of pyridine rings is 1. The van der Waals surface area contributed by atoms with Crippen LogP contribution in [0.3, 0.4) is 0 Å². The Kier molecular flexibility index (Phi) is 7.27. The van der Waals surface area contributed by atoms with Gasteiger partial charge in [-0.3, -0.25) is 14.9 Å². The lowest BCUT2D eigenvalue weighted by Gasteiger charge is -2.10. The molecule has 1 N–H and O–H groups in total. The van der Waals surface area contributed by atoms with E-state index in [-0.39, 0.29) is 39.9 Å². The lowest BCUT2D eigenvalue weighted by molar-refractivity contribution is -0.384. The molecule has 150 valence electrons. The fraction of sp³-hybridized carbons (Fsp3) is 0.263. The summed E-state index contributed by atoms with van der Waals surface area (Å²) in [7, 11) is 0. The van der Waals surface area contributed by atoms with Gasteiger partial charge in [-0.25, -0.2) is 9.78 Å². The molecule has 0 saturated heterocycles. The number of aryl methyl sites for hydroxylation is 2. The molecular weight excluding hydrogens is 396 g/mol. The van der Waals surface area contributed by atoms with E-state index in [2.05, 4.69) is 10.3 Å². The maximum atomic E-state index is 12.3. The summed E-state index contributed by atoms with van der Waals surface area (Å²) >= 11 is 0.999. The Morgan fingerprint density at radius 2 is 2.10 bits per heavy atom.